The van der Waals surface area contributed by atoms with E-state index in [4.69, 9.17) is 9.72 Å². The third-order valence-electron chi connectivity index (χ3n) is 7.04. The van der Waals surface area contributed by atoms with E-state index in [1.54, 1.807) is 24.5 Å². The quantitative estimate of drug-likeness (QED) is 0.307. The number of carboxylic acids is 1. The van der Waals surface area contributed by atoms with Crippen LogP contribution in [0.3, 0.4) is 0 Å². The number of benzene rings is 2. The topological polar surface area (TPSA) is 106 Å². The lowest BCUT2D eigenvalue weighted by Crippen LogP contribution is -2.42. The summed E-state index contributed by atoms with van der Waals surface area (Å²) >= 11 is 0. The van der Waals surface area contributed by atoms with Crippen LogP contribution in [0, 0.1) is 0 Å². The maximum atomic E-state index is 12.7. The standard InChI is InChI=1S/C30H32N4O4/c1-34-19-31-26-18-22(11-15-28(26)34)29(35)33-27(30(36)37)17-20-8-13-24(14-9-20)38-16-4-6-23-12-10-21-5-2-3-7-25(21)32-23/h8-15,18-19,27H,2-7,16-17H2,1H3,(H,33,35)(H,36,37). The number of hydrogen-bond acceptors (Lipinski definition) is 5. The number of pyridine rings is 1. The molecular weight excluding hydrogens is 480 g/mol. The van der Waals surface area contributed by atoms with Gasteiger partial charge < -0.3 is 19.7 Å². The number of rotatable bonds is 10. The summed E-state index contributed by atoms with van der Waals surface area (Å²) in [6, 6.07) is 15.8. The highest BCUT2D eigenvalue weighted by Gasteiger charge is 2.22. The molecule has 1 atom stereocenters. The summed E-state index contributed by atoms with van der Waals surface area (Å²) in [7, 11) is 1.87. The van der Waals surface area contributed by atoms with Crippen LogP contribution >= 0.6 is 0 Å². The summed E-state index contributed by atoms with van der Waals surface area (Å²) in [5.74, 6) is -0.807. The minimum atomic E-state index is -1.09. The second-order valence-electron chi connectivity index (χ2n) is 9.84. The van der Waals surface area contributed by atoms with Crippen LogP contribution in [0.1, 0.15) is 52.1 Å². The van der Waals surface area contributed by atoms with Gasteiger partial charge in [-0.2, -0.15) is 0 Å². The summed E-state index contributed by atoms with van der Waals surface area (Å²) in [5.41, 5.74) is 6.52. The molecule has 2 aromatic heterocycles. The van der Waals surface area contributed by atoms with Gasteiger partial charge in [0.15, 0.2) is 0 Å². The lowest BCUT2D eigenvalue weighted by molar-refractivity contribution is -0.139. The van der Waals surface area contributed by atoms with Gasteiger partial charge in [0, 0.05) is 30.4 Å². The van der Waals surface area contributed by atoms with Crippen molar-refractivity contribution in [2.24, 2.45) is 7.05 Å². The highest BCUT2D eigenvalue weighted by atomic mass is 16.5. The Hall–Kier alpha value is -4.20. The first-order valence-corrected chi connectivity index (χ1v) is 13.1. The van der Waals surface area contributed by atoms with Crippen molar-refractivity contribution in [2.45, 2.75) is 51.0 Å². The number of aryl methyl sites for hydroxylation is 4. The average Bonchev–Trinajstić information content (AvgIpc) is 3.31. The monoisotopic (exact) mass is 512 g/mol. The first-order chi connectivity index (χ1) is 18.5. The molecule has 1 aliphatic carbocycles. The molecule has 196 valence electrons. The molecule has 0 fully saturated rings. The number of carbonyl (C=O) groups is 2. The zero-order chi connectivity index (χ0) is 26.5. The SMILES string of the molecule is Cn1cnc2cc(C(=O)NC(Cc3ccc(OCCCc4ccc5c(n4)CCCC5)cc3)C(=O)O)ccc21. The highest BCUT2D eigenvalue weighted by Crippen LogP contribution is 2.20. The maximum absolute atomic E-state index is 12.7. The summed E-state index contributed by atoms with van der Waals surface area (Å²) < 4.78 is 7.74. The van der Waals surface area contributed by atoms with Crippen LogP contribution in [0.5, 0.6) is 5.75 Å². The van der Waals surface area contributed by atoms with Crippen molar-refractivity contribution < 1.29 is 19.4 Å². The molecule has 2 heterocycles. The minimum absolute atomic E-state index is 0.164. The first kappa shape index (κ1) is 25.4. The van der Waals surface area contributed by atoms with E-state index in [1.807, 2.05) is 35.9 Å². The Balaban J connectivity index is 1.11. The second kappa shape index (κ2) is 11.5. The van der Waals surface area contributed by atoms with Crippen LogP contribution < -0.4 is 10.1 Å². The van der Waals surface area contributed by atoms with Gasteiger partial charge in [-0.15, -0.1) is 0 Å². The summed E-state index contributed by atoms with van der Waals surface area (Å²) in [6.45, 7) is 0.576. The minimum Gasteiger partial charge on any atom is -0.494 e. The van der Waals surface area contributed by atoms with Crippen molar-refractivity contribution in [1.82, 2.24) is 19.9 Å². The van der Waals surface area contributed by atoms with E-state index in [2.05, 4.69) is 22.4 Å². The Morgan fingerprint density at radius 1 is 1.08 bits per heavy atom. The first-order valence-electron chi connectivity index (χ1n) is 13.1. The number of carbonyl (C=O) groups excluding carboxylic acids is 1. The third-order valence-corrected chi connectivity index (χ3v) is 7.04. The number of aliphatic carboxylic acids is 1. The molecule has 1 aliphatic rings. The molecular formula is C30H32N4O4. The van der Waals surface area contributed by atoms with Gasteiger partial charge in [-0.3, -0.25) is 9.78 Å². The predicted octanol–water partition coefficient (Wildman–Crippen LogP) is 4.28. The van der Waals surface area contributed by atoms with Gasteiger partial charge >= 0.3 is 5.97 Å². The molecule has 2 N–H and O–H groups in total. The van der Waals surface area contributed by atoms with Crippen molar-refractivity contribution in [3.8, 4) is 5.75 Å². The van der Waals surface area contributed by atoms with Crippen LogP contribution in [-0.2, 0) is 37.5 Å². The van der Waals surface area contributed by atoms with Gasteiger partial charge in [-0.25, -0.2) is 9.78 Å². The van der Waals surface area contributed by atoms with Crippen LogP contribution in [0.2, 0.25) is 0 Å². The van der Waals surface area contributed by atoms with E-state index in [0.717, 1.165) is 48.2 Å². The molecule has 0 radical (unpaired) electrons. The van der Waals surface area contributed by atoms with E-state index in [0.29, 0.717) is 17.7 Å². The average molecular weight is 513 g/mol. The number of nitrogens with one attached hydrogen (secondary N) is 1. The van der Waals surface area contributed by atoms with Crippen LogP contribution in [0.25, 0.3) is 11.0 Å². The normalized spacial score (nSPS) is 13.6. The Bertz CT molecular complexity index is 1440. The lowest BCUT2D eigenvalue weighted by Gasteiger charge is -2.16. The molecule has 1 unspecified atom stereocenters. The van der Waals surface area contributed by atoms with Gasteiger partial charge in [0.2, 0.25) is 0 Å². The van der Waals surface area contributed by atoms with Gasteiger partial charge in [0.25, 0.3) is 5.91 Å². The summed E-state index contributed by atoms with van der Waals surface area (Å²) in [4.78, 5) is 33.7. The van der Waals surface area contributed by atoms with E-state index < -0.39 is 17.9 Å². The van der Waals surface area contributed by atoms with Gasteiger partial charge in [0.05, 0.1) is 24.0 Å². The van der Waals surface area contributed by atoms with Crippen molar-refractivity contribution in [2.75, 3.05) is 6.61 Å². The Kier molecular flexibility index (Phi) is 7.67. The molecule has 1 amide bonds. The zero-order valence-corrected chi connectivity index (χ0v) is 21.5. The third kappa shape index (κ3) is 6.02. The Morgan fingerprint density at radius 3 is 2.71 bits per heavy atom. The van der Waals surface area contributed by atoms with Gasteiger partial charge in [0.1, 0.15) is 11.8 Å². The molecule has 8 heteroatoms. The molecule has 38 heavy (non-hydrogen) atoms. The molecule has 0 bridgehead atoms. The predicted molar refractivity (Wildman–Crippen MR) is 144 cm³/mol. The number of amides is 1. The number of fused-ring (bicyclic) bond motifs is 2. The van der Waals surface area contributed by atoms with Crippen LogP contribution in [-0.4, -0.2) is 44.2 Å². The van der Waals surface area contributed by atoms with Crippen LogP contribution in [0.15, 0.2) is 60.9 Å². The molecule has 8 nitrogen and oxygen atoms in total. The fourth-order valence-corrected chi connectivity index (χ4v) is 4.89. The Labute approximate surface area is 221 Å². The number of aromatic nitrogens is 3. The highest BCUT2D eigenvalue weighted by molar-refractivity contribution is 5.99. The molecule has 0 saturated carbocycles. The Morgan fingerprint density at radius 2 is 1.89 bits per heavy atom. The number of ether oxygens (including phenoxy) is 1. The van der Waals surface area contributed by atoms with E-state index >= 15 is 0 Å². The zero-order valence-electron chi connectivity index (χ0n) is 21.5. The van der Waals surface area contributed by atoms with Crippen LogP contribution in [0.4, 0.5) is 0 Å². The molecule has 5 rings (SSSR count). The molecule has 0 saturated heterocycles. The summed E-state index contributed by atoms with van der Waals surface area (Å²) in [6.07, 6.45) is 8.29. The van der Waals surface area contributed by atoms with E-state index in [1.165, 1.54) is 24.1 Å². The smallest absolute Gasteiger partial charge is 0.326 e. The largest absolute Gasteiger partial charge is 0.494 e. The molecule has 0 aliphatic heterocycles. The molecule has 4 aromatic rings. The fraction of sp³-hybridized carbons (Fsp3) is 0.333. The summed E-state index contributed by atoms with van der Waals surface area (Å²) in [5, 5.41) is 12.3. The number of carboxylic acid groups (broad SMARTS) is 1. The number of imidazole rings is 1. The van der Waals surface area contributed by atoms with Gasteiger partial charge in [-0.05, 0) is 86.1 Å². The van der Waals surface area contributed by atoms with Crippen molar-refractivity contribution in [3.05, 3.63) is 89.0 Å². The van der Waals surface area contributed by atoms with Crippen molar-refractivity contribution in [3.63, 3.8) is 0 Å². The van der Waals surface area contributed by atoms with E-state index in [-0.39, 0.29) is 6.42 Å². The fourth-order valence-electron chi connectivity index (χ4n) is 4.89. The van der Waals surface area contributed by atoms with Crippen molar-refractivity contribution >= 4 is 22.9 Å². The second-order valence-corrected chi connectivity index (χ2v) is 9.84. The van der Waals surface area contributed by atoms with Crippen molar-refractivity contribution in [1.29, 1.82) is 0 Å². The number of nitrogens with zero attached hydrogens (tertiary/aromatic N) is 3. The molecule has 0 spiro atoms. The molecule has 2 aromatic carbocycles. The van der Waals surface area contributed by atoms with E-state index in [9.17, 15) is 14.7 Å². The maximum Gasteiger partial charge on any atom is 0.326 e. The lowest BCUT2D eigenvalue weighted by atomic mass is 9.95. The number of hydrogen-bond donors (Lipinski definition) is 2. The van der Waals surface area contributed by atoms with Gasteiger partial charge in [-0.1, -0.05) is 18.2 Å².